The number of amides is 1. The van der Waals surface area contributed by atoms with Crippen molar-refractivity contribution in [1.29, 1.82) is 0 Å². The molecule has 4 nitrogen and oxygen atoms in total. The summed E-state index contributed by atoms with van der Waals surface area (Å²) in [4.78, 5) is 14.2. The van der Waals surface area contributed by atoms with Gasteiger partial charge in [0, 0.05) is 12.5 Å². The lowest BCUT2D eigenvalue weighted by Crippen LogP contribution is -2.43. The second kappa shape index (κ2) is 5.40. The molecule has 1 aromatic rings. The minimum absolute atomic E-state index is 0.0257. The van der Waals surface area contributed by atoms with Gasteiger partial charge in [0.25, 0.3) is 0 Å². The molecule has 1 unspecified atom stereocenters. The van der Waals surface area contributed by atoms with Crippen molar-refractivity contribution < 1.29 is 9.53 Å². The van der Waals surface area contributed by atoms with Crippen molar-refractivity contribution in [2.75, 3.05) is 31.6 Å². The highest BCUT2D eigenvalue weighted by Crippen LogP contribution is 2.33. The number of hydrogen-bond donors (Lipinski definition) is 1. The van der Waals surface area contributed by atoms with E-state index in [1.807, 2.05) is 44.0 Å². The summed E-state index contributed by atoms with van der Waals surface area (Å²) in [5, 5.41) is 3.04. The predicted molar refractivity (Wildman–Crippen MR) is 72.1 cm³/mol. The monoisotopic (exact) mass is 248 g/mol. The molecule has 1 heterocycles. The fourth-order valence-corrected chi connectivity index (χ4v) is 2.22. The van der Waals surface area contributed by atoms with Crippen molar-refractivity contribution in [2.24, 2.45) is 5.92 Å². The Hall–Kier alpha value is -1.55. The molecule has 0 fully saturated rings. The van der Waals surface area contributed by atoms with Crippen LogP contribution in [-0.4, -0.2) is 32.7 Å². The van der Waals surface area contributed by atoms with E-state index in [1.165, 1.54) is 0 Å². The number of rotatable bonds is 3. The van der Waals surface area contributed by atoms with Crippen molar-refractivity contribution in [2.45, 2.75) is 13.8 Å². The molecule has 0 spiro atoms. The van der Waals surface area contributed by atoms with Crippen LogP contribution in [0.25, 0.3) is 0 Å². The van der Waals surface area contributed by atoms with Crippen LogP contribution in [0, 0.1) is 12.8 Å². The molecule has 0 aromatic heterocycles. The molecular weight excluding hydrogens is 228 g/mol. The van der Waals surface area contributed by atoms with E-state index < -0.39 is 0 Å². The number of nitrogens with one attached hydrogen (secondary N) is 1. The maximum absolute atomic E-state index is 12.4. The zero-order chi connectivity index (χ0) is 13.1. The number of hydrogen-bond acceptors (Lipinski definition) is 3. The van der Waals surface area contributed by atoms with Crippen LogP contribution in [0.15, 0.2) is 18.2 Å². The van der Waals surface area contributed by atoms with Crippen LogP contribution in [-0.2, 0) is 4.79 Å². The Morgan fingerprint density at radius 1 is 1.56 bits per heavy atom. The van der Waals surface area contributed by atoms with E-state index in [9.17, 15) is 4.79 Å². The third-order valence-electron chi connectivity index (χ3n) is 3.18. The summed E-state index contributed by atoms with van der Waals surface area (Å²) in [5.74, 6) is 0.936. The van der Waals surface area contributed by atoms with Gasteiger partial charge in [0.1, 0.15) is 12.4 Å². The topological polar surface area (TPSA) is 41.6 Å². The summed E-state index contributed by atoms with van der Waals surface area (Å²) in [6.45, 7) is 5.85. The Morgan fingerprint density at radius 2 is 2.33 bits per heavy atom. The van der Waals surface area contributed by atoms with E-state index in [4.69, 9.17) is 4.74 Å². The summed E-state index contributed by atoms with van der Waals surface area (Å²) in [6.07, 6.45) is 0. The van der Waals surface area contributed by atoms with Crippen molar-refractivity contribution in [3.8, 4) is 5.75 Å². The fourth-order valence-electron chi connectivity index (χ4n) is 2.22. The van der Waals surface area contributed by atoms with Crippen molar-refractivity contribution in [3.63, 3.8) is 0 Å². The number of carbonyl (C=O) groups excluding carboxylic acids is 1. The molecule has 0 bridgehead atoms. The van der Waals surface area contributed by atoms with Gasteiger partial charge in [0.2, 0.25) is 5.91 Å². The first-order chi connectivity index (χ1) is 8.63. The molecule has 18 heavy (non-hydrogen) atoms. The predicted octanol–water partition coefficient (Wildman–Crippen LogP) is 1.58. The fraction of sp³-hybridized carbons (Fsp3) is 0.500. The Labute approximate surface area is 108 Å². The maximum Gasteiger partial charge on any atom is 0.231 e. The van der Waals surface area contributed by atoms with E-state index in [0.29, 0.717) is 19.7 Å². The molecule has 1 atom stereocenters. The molecule has 4 heteroatoms. The Balaban J connectivity index is 2.24. The molecule has 1 aromatic carbocycles. The number of nitrogens with zero attached hydrogens (tertiary/aromatic N) is 1. The molecule has 1 aliphatic rings. The quantitative estimate of drug-likeness (QED) is 0.883. The van der Waals surface area contributed by atoms with Crippen molar-refractivity contribution in [1.82, 2.24) is 5.32 Å². The van der Waals surface area contributed by atoms with Crippen LogP contribution < -0.4 is 15.0 Å². The zero-order valence-corrected chi connectivity index (χ0v) is 11.2. The lowest BCUT2D eigenvalue weighted by molar-refractivity contribution is -0.122. The molecule has 98 valence electrons. The van der Waals surface area contributed by atoms with Gasteiger partial charge in [-0.1, -0.05) is 13.0 Å². The molecule has 0 radical (unpaired) electrons. The second-order valence-corrected chi connectivity index (χ2v) is 4.77. The standard InChI is InChI=1S/C14H20N2O2/c1-10-4-5-12-13(8-10)18-7-6-16(12)14(17)11(2)9-15-3/h4-5,8,11,15H,6-7,9H2,1-3H3. The second-order valence-electron chi connectivity index (χ2n) is 4.77. The molecule has 0 saturated heterocycles. The van der Waals surface area contributed by atoms with E-state index >= 15 is 0 Å². The first-order valence-electron chi connectivity index (χ1n) is 6.33. The summed E-state index contributed by atoms with van der Waals surface area (Å²) < 4.78 is 5.61. The van der Waals surface area contributed by atoms with Crippen molar-refractivity contribution in [3.05, 3.63) is 23.8 Å². The third-order valence-corrected chi connectivity index (χ3v) is 3.18. The minimum atomic E-state index is -0.0257. The number of anilines is 1. The first-order valence-corrected chi connectivity index (χ1v) is 6.33. The highest BCUT2D eigenvalue weighted by molar-refractivity contribution is 5.96. The number of benzene rings is 1. The van der Waals surface area contributed by atoms with Gasteiger partial charge in [-0.25, -0.2) is 0 Å². The van der Waals surface area contributed by atoms with Crippen LogP contribution in [0.2, 0.25) is 0 Å². The SMILES string of the molecule is CNCC(C)C(=O)N1CCOc2cc(C)ccc21. The lowest BCUT2D eigenvalue weighted by atomic mass is 10.1. The molecule has 1 N–H and O–H groups in total. The van der Waals surface area contributed by atoms with Gasteiger partial charge in [-0.15, -0.1) is 0 Å². The molecule has 2 rings (SSSR count). The minimum Gasteiger partial charge on any atom is -0.490 e. The lowest BCUT2D eigenvalue weighted by Gasteiger charge is -2.31. The molecular formula is C14H20N2O2. The maximum atomic E-state index is 12.4. The first kappa shape index (κ1) is 12.9. The van der Waals surface area contributed by atoms with Crippen LogP contribution >= 0.6 is 0 Å². The van der Waals surface area contributed by atoms with Crippen molar-refractivity contribution >= 4 is 11.6 Å². The average Bonchev–Trinajstić information content (AvgIpc) is 2.37. The number of ether oxygens (including phenoxy) is 1. The Bertz CT molecular complexity index is 445. The van der Waals surface area contributed by atoms with E-state index in [0.717, 1.165) is 17.0 Å². The van der Waals surface area contributed by atoms with E-state index in [2.05, 4.69) is 5.32 Å². The average molecular weight is 248 g/mol. The summed E-state index contributed by atoms with van der Waals surface area (Å²) in [6, 6.07) is 5.96. The number of fused-ring (bicyclic) bond motifs is 1. The highest BCUT2D eigenvalue weighted by atomic mass is 16.5. The van der Waals surface area contributed by atoms with E-state index in [1.54, 1.807) is 0 Å². The van der Waals surface area contributed by atoms with E-state index in [-0.39, 0.29) is 11.8 Å². The Kier molecular flexibility index (Phi) is 3.87. The zero-order valence-electron chi connectivity index (χ0n) is 11.2. The van der Waals surface area contributed by atoms with Gasteiger partial charge in [0.15, 0.2) is 0 Å². The third kappa shape index (κ3) is 2.48. The van der Waals surface area contributed by atoms with Gasteiger partial charge in [0.05, 0.1) is 12.2 Å². The highest BCUT2D eigenvalue weighted by Gasteiger charge is 2.26. The van der Waals surface area contributed by atoms with Crippen LogP contribution in [0.1, 0.15) is 12.5 Å². The van der Waals surface area contributed by atoms with Gasteiger partial charge in [-0.3, -0.25) is 4.79 Å². The normalized spacial score (nSPS) is 15.8. The Morgan fingerprint density at radius 3 is 3.06 bits per heavy atom. The molecule has 1 amide bonds. The number of aryl methyl sites for hydroxylation is 1. The van der Waals surface area contributed by atoms with Gasteiger partial charge in [-0.2, -0.15) is 0 Å². The summed E-state index contributed by atoms with van der Waals surface area (Å²) in [5.41, 5.74) is 2.03. The van der Waals surface area contributed by atoms with Gasteiger partial charge >= 0.3 is 0 Å². The van der Waals surface area contributed by atoms with Crippen LogP contribution in [0.3, 0.4) is 0 Å². The van der Waals surface area contributed by atoms with Crippen LogP contribution in [0.4, 0.5) is 5.69 Å². The van der Waals surface area contributed by atoms with Crippen LogP contribution in [0.5, 0.6) is 5.75 Å². The largest absolute Gasteiger partial charge is 0.490 e. The summed E-state index contributed by atoms with van der Waals surface area (Å²) >= 11 is 0. The molecule has 1 aliphatic heterocycles. The number of carbonyl (C=O) groups is 1. The molecule has 0 saturated carbocycles. The summed E-state index contributed by atoms with van der Waals surface area (Å²) in [7, 11) is 1.86. The molecule has 0 aliphatic carbocycles. The smallest absolute Gasteiger partial charge is 0.231 e. The van der Waals surface area contributed by atoms with Gasteiger partial charge in [-0.05, 0) is 31.7 Å². The van der Waals surface area contributed by atoms with Gasteiger partial charge < -0.3 is 15.0 Å².